The Bertz CT molecular complexity index is 700. The number of carboxylic acids is 1. The highest BCUT2D eigenvalue weighted by molar-refractivity contribution is 5.67. The van der Waals surface area contributed by atoms with E-state index in [1.54, 1.807) is 5.57 Å². The van der Waals surface area contributed by atoms with E-state index in [9.17, 15) is 5.11 Å². The molecule has 3 N–H and O–H groups in total. The van der Waals surface area contributed by atoms with Crippen LogP contribution in [-0.2, 0) is 4.79 Å². The van der Waals surface area contributed by atoms with Crippen molar-refractivity contribution in [1.82, 2.24) is 0 Å². The summed E-state index contributed by atoms with van der Waals surface area (Å²) in [4.78, 5) is 9.12. The third kappa shape index (κ3) is 5.53. The molecule has 3 fully saturated rings. The molecule has 4 nitrogen and oxygen atoms in total. The van der Waals surface area contributed by atoms with Crippen LogP contribution in [0.15, 0.2) is 11.6 Å². The van der Waals surface area contributed by atoms with Gasteiger partial charge in [0.2, 0.25) is 0 Å². The molecule has 0 bridgehead atoms. The molecule has 0 spiro atoms. The van der Waals surface area contributed by atoms with Crippen LogP contribution >= 0.6 is 0 Å². The van der Waals surface area contributed by atoms with E-state index >= 15 is 0 Å². The Morgan fingerprint density at radius 2 is 1.76 bits per heavy atom. The largest absolute Gasteiger partial charge is 0.480 e. The fraction of sp³-hybridized carbons (Fsp3) is 0.897. The molecule has 0 amide bonds. The number of hydrogen-bond donors (Lipinski definition) is 3. The maximum Gasteiger partial charge on any atom is 0.329 e. The first-order chi connectivity index (χ1) is 15.5. The van der Waals surface area contributed by atoms with Crippen LogP contribution in [0.25, 0.3) is 0 Å². The molecule has 0 heterocycles. The minimum atomic E-state index is -1.19. The van der Waals surface area contributed by atoms with Gasteiger partial charge in [-0.1, -0.05) is 65.5 Å². The summed E-state index contributed by atoms with van der Waals surface area (Å²) >= 11 is 0. The quantitative estimate of drug-likeness (QED) is 0.396. The van der Waals surface area contributed by atoms with E-state index in [0.717, 1.165) is 48.3 Å². The third-order valence-corrected chi connectivity index (χ3v) is 10.4. The van der Waals surface area contributed by atoms with Crippen molar-refractivity contribution in [1.29, 1.82) is 0 Å². The van der Waals surface area contributed by atoms with Gasteiger partial charge in [-0.15, -0.1) is 0 Å². The zero-order valence-corrected chi connectivity index (χ0v) is 21.9. The van der Waals surface area contributed by atoms with Crippen molar-refractivity contribution in [2.24, 2.45) is 46.3 Å². The number of fused-ring (bicyclic) bond motifs is 5. The molecule has 8 atom stereocenters. The zero-order valence-electron chi connectivity index (χ0n) is 21.9. The summed E-state index contributed by atoms with van der Waals surface area (Å²) < 4.78 is 0. The number of aliphatic carboxylic acids is 1. The molecule has 0 aromatic rings. The van der Waals surface area contributed by atoms with Crippen molar-refractivity contribution < 1.29 is 20.1 Å². The van der Waals surface area contributed by atoms with Crippen molar-refractivity contribution in [3.05, 3.63) is 11.6 Å². The topological polar surface area (TPSA) is 77.8 Å². The summed E-state index contributed by atoms with van der Waals surface area (Å²) in [6.07, 6.45) is 17.2. The van der Waals surface area contributed by atoms with Gasteiger partial charge in [0.1, 0.15) is 6.61 Å². The maximum atomic E-state index is 10.2. The van der Waals surface area contributed by atoms with Gasteiger partial charge in [0.05, 0.1) is 6.10 Å². The highest BCUT2D eigenvalue weighted by Gasteiger charge is 2.59. The van der Waals surface area contributed by atoms with Crippen LogP contribution in [0.4, 0.5) is 0 Å². The molecule has 33 heavy (non-hydrogen) atoms. The molecule has 190 valence electrons. The van der Waals surface area contributed by atoms with Crippen molar-refractivity contribution in [3.63, 3.8) is 0 Å². The van der Waals surface area contributed by atoms with E-state index in [0.29, 0.717) is 10.8 Å². The minimum absolute atomic E-state index is 0.0766. The lowest BCUT2D eigenvalue weighted by Gasteiger charge is -2.58. The van der Waals surface area contributed by atoms with E-state index in [-0.39, 0.29) is 6.10 Å². The van der Waals surface area contributed by atoms with Gasteiger partial charge in [0, 0.05) is 0 Å². The van der Waals surface area contributed by atoms with Gasteiger partial charge in [0.15, 0.2) is 0 Å². The number of rotatable bonds is 6. The average Bonchev–Trinajstić information content (AvgIpc) is 3.11. The monoisotopic (exact) mass is 462 g/mol. The van der Waals surface area contributed by atoms with Crippen molar-refractivity contribution >= 4 is 5.97 Å². The predicted octanol–water partition coefficient (Wildman–Crippen LogP) is 6.45. The molecule has 0 radical (unpaired) electrons. The van der Waals surface area contributed by atoms with Gasteiger partial charge in [-0.25, -0.2) is 4.79 Å². The molecule has 4 aliphatic carbocycles. The predicted molar refractivity (Wildman–Crippen MR) is 134 cm³/mol. The molecule has 4 aliphatic rings. The summed E-state index contributed by atoms with van der Waals surface area (Å²) in [6.45, 7) is 11.8. The first kappa shape index (κ1) is 26.7. The average molecular weight is 463 g/mol. The summed E-state index contributed by atoms with van der Waals surface area (Å²) in [5.41, 5.74) is 2.60. The molecule has 0 aromatic heterocycles. The van der Waals surface area contributed by atoms with Gasteiger partial charge in [0.25, 0.3) is 0 Å². The second kappa shape index (κ2) is 10.8. The van der Waals surface area contributed by atoms with Gasteiger partial charge >= 0.3 is 5.97 Å². The van der Waals surface area contributed by atoms with Crippen LogP contribution in [0.2, 0.25) is 0 Å². The van der Waals surface area contributed by atoms with Gasteiger partial charge < -0.3 is 15.3 Å². The lowest BCUT2D eigenvalue weighted by atomic mass is 9.47. The van der Waals surface area contributed by atoms with Gasteiger partial charge in [-0.3, -0.25) is 0 Å². The first-order valence-corrected chi connectivity index (χ1v) is 13.7. The molecule has 1 unspecified atom stereocenters. The summed E-state index contributed by atoms with van der Waals surface area (Å²) in [5.74, 6) is 4.27. The molecule has 0 saturated heterocycles. The Balaban J connectivity index is 0.000000555. The van der Waals surface area contributed by atoms with Gasteiger partial charge in [-0.05, 0) is 97.7 Å². The molecular weight excluding hydrogens is 412 g/mol. The Labute approximate surface area is 202 Å². The standard InChI is InChI=1S/C27H46O.C2H4O3/c1-18(2)7-6-8-19(3)23-11-12-24-22-10-9-20-17-21(28)13-15-26(20,4)25(22)14-16-27(23,24)5;3-1-2(4)5/h9,18-19,21-25,28H,6-8,10-17H2,1-5H3;3H,1H2,(H,4,5)/t19?,21-,22-,23+,24-,25-,26-,27+;/m0./s1. The van der Waals surface area contributed by atoms with E-state index in [1.807, 2.05) is 0 Å². The van der Waals surface area contributed by atoms with Crippen LogP contribution in [0.1, 0.15) is 105 Å². The Hall–Kier alpha value is -0.870. The highest BCUT2D eigenvalue weighted by Crippen LogP contribution is 2.67. The molecule has 3 saturated carbocycles. The van der Waals surface area contributed by atoms with Crippen LogP contribution in [-0.4, -0.2) is 34.0 Å². The van der Waals surface area contributed by atoms with E-state index in [2.05, 4.69) is 40.7 Å². The van der Waals surface area contributed by atoms with Gasteiger partial charge in [-0.2, -0.15) is 0 Å². The fourth-order valence-corrected chi connectivity index (χ4v) is 8.67. The van der Waals surface area contributed by atoms with Crippen LogP contribution in [0.5, 0.6) is 0 Å². The van der Waals surface area contributed by atoms with E-state index in [4.69, 9.17) is 15.0 Å². The number of aliphatic hydroxyl groups is 2. The summed E-state index contributed by atoms with van der Waals surface area (Å²) in [5, 5.41) is 25.2. The number of hydrogen-bond acceptors (Lipinski definition) is 3. The second-order valence-corrected chi connectivity index (χ2v) is 12.7. The third-order valence-electron chi connectivity index (χ3n) is 10.4. The van der Waals surface area contributed by atoms with Crippen molar-refractivity contribution in [2.45, 2.75) is 111 Å². The fourth-order valence-electron chi connectivity index (χ4n) is 8.67. The SMILES string of the molecule is CC(C)CCCC(C)[C@H]1CC[C@H]2[C@@H]3CC=C4C[C@@H](O)CC[C@]4(C)[C@H]3CC[C@]12C.O=C(O)CO. The zero-order chi connectivity index (χ0) is 24.4. The van der Waals surface area contributed by atoms with E-state index in [1.165, 1.54) is 57.8 Å². The normalized spacial score (nSPS) is 40.6. The number of allylic oxidation sites excluding steroid dienone is 1. The minimum Gasteiger partial charge on any atom is -0.480 e. The van der Waals surface area contributed by atoms with Crippen LogP contribution < -0.4 is 0 Å². The summed E-state index contributed by atoms with van der Waals surface area (Å²) in [6, 6.07) is 0. The first-order valence-electron chi connectivity index (χ1n) is 13.7. The van der Waals surface area contributed by atoms with Crippen LogP contribution in [0, 0.1) is 46.3 Å². The Kier molecular flexibility index (Phi) is 8.76. The molecule has 4 heteroatoms. The number of carboxylic acid groups (broad SMARTS) is 1. The maximum absolute atomic E-state index is 10.2. The number of carbonyl (C=O) groups is 1. The summed E-state index contributed by atoms with van der Waals surface area (Å²) in [7, 11) is 0. The molecular formula is C29H50O4. The van der Waals surface area contributed by atoms with E-state index < -0.39 is 12.6 Å². The lowest BCUT2D eigenvalue weighted by molar-refractivity contribution is -0.140. The number of aliphatic hydroxyl groups excluding tert-OH is 2. The second-order valence-electron chi connectivity index (χ2n) is 12.7. The lowest BCUT2D eigenvalue weighted by Crippen LogP contribution is -2.50. The molecule has 0 aromatic carbocycles. The Morgan fingerprint density at radius 3 is 2.39 bits per heavy atom. The highest BCUT2D eigenvalue weighted by atomic mass is 16.4. The molecule has 4 rings (SSSR count). The molecule has 0 aliphatic heterocycles. The Morgan fingerprint density at radius 1 is 1.06 bits per heavy atom. The van der Waals surface area contributed by atoms with Crippen LogP contribution in [0.3, 0.4) is 0 Å². The van der Waals surface area contributed by atoms with Crippen molar-refractivity contribution in [3.8, 4) is 0 Å². The smallest absolute Gasteiger partial charge is 0.329 e. The van der Waals surface area contributed by atoms with Crippen molar-refractivity contribution in [2.75, 3.05) is 6.61 Å².